The largest absolute Gasteiger partial charge is 0.506 e. The van der Waals surface area contributed by atoms with Crippen LogP contribution >= 0.6 is 22.6 Å². The maximum absolute atomic E-state index is 13.1. The van der Waals surface area contributed by atoms with Crippen LogP contribution < -0.4 is 4.18 Å². The second-order valence-electron chi connectivity index (χ2n) is 4.10. The predicted octanol–water partition coefficient (Wildman–Crippen LogP) is 2.37. The molecule has 0 heterocycles. The number of hydrogen-bond acceptors (Lipinski definition) is 5. The smallest absolute Gasteiger partial charge is 0.377 e. The molecule has 0 bridgehead atoms. The van der Waals surface area contributed by atoms with E-state index in [1.165, 1.54) is 12.1 Å². The van der Waals surface area contributed by atoms with E-state index in [2.05, 4.69) is 26.8 Å². The van der Waals surface area contributed by atoms with Crippen molar-refractivity contribution in [2.75, 3.05) is 4.43 Å². The van der Waals surface area contributed by atoms with Gasteiger partial charge in [0.2, 0.25) is 0 Å². The second-order valence-corrected chi connectivity index (χ2v) is 8.29. The highest BCUT2D eigenvalue weighted by molar-refractivity contribution is 14.1. The van der Waals surface area contributed by atoms with Gasteiger partial charge in [-0.2, -0.15) is 25.6 Å². The van der Waals surface area contributed by atoms with E-state index >= 15 is 0 Å². The van der Waals surface area contributed by atoms with Gasteiger partial charge in [-0.15, -0.1) is 0 Å². The van der Waals surface area contributed by atoms with E-state index in [-0.39, 0.29) is 5.92 Å². The predicted molar refractivity (Wildman–Crippen MR) is 79.8 cm³/mol. The molecule has 0 aliphatic carbocycles. The van der Waals surface area contributed by atoms with Crippen molar-refractivity contribution >= 4 is 42.8 Å². The molecule has 1 aromatic carbocycles. The lowest BCUT2D eigenvalue weighted by atomic mass is 10.0. The van der Waals surface area contributed by atoms with Gasteiger partial charge in [-0.3, -0.25) is 4.55 Å². The highest BCUT2D eigenvalue weighted by Gasteiger charge is 2.59. The van der Waals surface area contributed by atoms with Gasteiger partial charge in [0.25, 0.3) is 0 Å². The molecule has 0 aliphatic heterocycles. The van der Waals surface area contributed by atoms with Gasteiger partial charge in [0, 0.05) is 4.43 Å². The summed E-state index contributed by atoms with van der Waals surface area (Å²) in [6, 6.07) is 5.19. The molecule has 1 N–H and O–H groups in total. The molecule has 1 rings (SSSR count). The molecule has 1 aromatic rings. The van der Waals surface area contributed by atoms with Crippen LogP contribution in [0.1, 0.15) is 18.4 Å². The van der Waals surface area contributed by atoms with Crippen LogP contribution in [-0.4, -0.2) is 30.4 Å². The van der Waals surface area contributed by atoms with Crippen molar-refractivity contribution in [1.29, 1.82) is 0 Å². The molecule has 0 saturated heterocycles. The fourth-order valence-corrected chi connectivity index (χ4v) is 3.35. The van der Waals surface area contributed by atoms with Gasteiger partial charge in [0.05, 0.1) is 0 Å². The SMILES string of the molecule is CC(CI)c1ccc(OS(=O)(=O)C(F)(F)S(=O)(=O)O)cc1. The molecule has 0 saturated carbocycles. The zero-order chi connectivity index (χ0) is 16.5. The lowest BCUT2D eigenvalue weighted by molar-refractivity contribution is 0.155. The zero-order valence-electron chi connectivity index (χ0n) is 10.5. The molecule has 0 radical (unpaired) electrons. The monoisotopic (exact) mass is 456 g/mol. The molecule has 21 heavy (non-hydrogen) atoms. The molecule has 11 heteroatoms. The fraction of sp³-hybridized carbons (Fsp3) is 0.400. The first kappa shape index (κ1) is 18.5. The minimum absolute atomic E-state index is 0.163. The standard InChI is InChI=1S/C10H11F2IO6S2/c1-7(6-13)8-2-4-9(5-3-8)19-21(17,18)10(11,12)20(14,15)16/h2-5,7H,6H2,1H3,(H,14,15,16). The third kappa shape index (κ3) is 4.02. The molecule has 1 atom stereocenters. The maximum Gasteiger partial charge on any atom is 0.506 e. The zero-order valence-corrected chi connectivity index (χ0v) is 14.3. The summed E-state index contributed by atoms with van der Waals surface area (Å²) in [5.74, 6) is -0.321. The van der Waals surface area contributed by atoms with Crippen LogP contribution in [0.15, 0.2) is 24.3 Å². The molecule has 120 valence electrons. The highest BCUT2D eigenvalue weighted by Crippen LogP contribution is 2.31. The van der Waals surface area contributed by atoms with Crippen LogP contribution in [-0.2, 0) is 20.2 Å². The summed E-state index contributed by atoms with van der Waals surface area (Å²) in [4.78, 5) is 0. The Bertz CT molecular complexity index is 700. The van der Waals surface area contributed by atoms with Gasteiger partial charge in [-0.1, -0.05) is 41.6 Å². The van der Waals surface area contributed by atoms with Gasteiger partial charge in [-0.25, -0.2) is 0 Å². The summed E-state index contributed by atoms with van der Waals surface area (Å²) in [6.45, 7) is 1.91. The molecular formula is C10H11F2IO6S2. The van der Waals surface area contributed by atoms with Gasteiger partial charge in [-0.05, 0) is 23.6 Å². The van der Waals surface area contributed by atoms with E-state index in [9.17, 15) is 25.6 Å². The quantitative estimate of drug-likeness (QED) is 0.306. The van der Waals surface area contributed by atoms with Gasteiger partial charge < -0.3 is 4.18 Å². The van der Waals surface area contributed by atoms with E-state index in [0.29, 0.717) is 0 Å². The number of hydrogen-bond donors (Lipinski definition) is 1. The van der Waals surface area contributed by atoms with Gasteiger partial charge in [0.15, 0.2) is 0 Å². The average molecular weight is 456 g/mol. The Balaban J connectivity index is 3.06. The number of benzene rings is 1. The van der Waals surface area contributed by atoms with Crippen LogP contribution in [0.4, 0.5) is 8.78 Å². The van der Waals surface area contributed by atoms with Crippen molar-refractivity contribution in [3.05, 3.63) is 29.8 Å². The van der Waals surface area contributed by atoms with Crippen molar-refractivity contribution in [1.82, 2.24) is 0 Å². The molecule has 0 amide bonds. The summed E-state index contributed by atoms with van der Waals surface area (Å²) < 4.78 is 77.2. The van der Waals surface area contributed by atoms with E-state index < -0.39 is 30.6 Å². The first-order valence-corrected chi connectivity index (χ1v) is 9.74. The van der Waals surface area contributed by atoms with E-state index in [0.717, 1.165) is 22.1 Å². The van der Waals surface area contributed by atoms with Crippen molar-refractivity contribution in [2.45, 2.75) is 17.4 Å². The summed E-state index contributed by atoms with van der Waals surface area (Å²) in [6.07, 6.45) is 0. The Labute approximate surface area is 134 Å². The Hall–Kier alpha value is -0.530. The molecule has 0 aliphatic rings. The van der Waals surface area contributed by atoms with Gasteiger partial charge >= 0.3 is 24.8 Å². The maximum atomic E-state index is 13.1. The first-order chi connectivity index (χ1) is 9.42. The summed E-state index contributed by atoms with van der Waals surface area (Å²) >= 11 is 2.15. The lowest BCUT2D eigenvalue weighted by Crippen LogP contribution is -2.40. The van der Waals surface area contributed by atoms with Crippen molar-refractivity contribution in [3.63, 3.8) is 0 Å². The highest BCUT2D eigenvalue weighted by atomic mass is 127. The van der Waals surface area contributed by atoms with Crippen LogP contribution in [0, 0.1) is 0 Å². The van der Waals surface area contributed by atoms with Crippen molar-refractivity contribution < 1.29 is 34.4 Å². The van der Waals surface area contributed by atoms with E-state index in [1.807, 2.05) is 6.92 Å². The van der Waals surface area contributed by atoms with Crippen molar-refractivity contribution in [3.8, 4) is 5.75 Å². The third-order valence-corrected chi connectivity index (χ3v) is 6.64. The first-order valence-electron chi connectivity index (χ1n) is 5.37. The summed E-state index contributed by atoms with van der Waals surface area (Å²) in [7, 11) is -12.0. The van der Waals surface area contributed by atoms with Crippen LogP contribution in [0.2, 0.25) is 0 Å². The normalized spacial score (nSPS) is 14.7. The van der Waals surface area contributed by atoms with Crippen LogP contribution in [0.3, 0.4) is 0 Å². The number of halogens is 3. The van der Waals surface area contributed by atoms with Crippen LogP contribution in [0.25, 0.3) is 0 Å². The summed E-state index contributed by atoms with van der Waals surface area (Å²) in [5.41, 5.74) is 0.829. The molecule has 6 nitrogen and oxygen atoms in total. The average Bonchev–Trinajstić information content (AvgIpc) is 2.36. The molecule has 0 spiro atoms. The summed E-state index contributed by atoms with van der Waals surface area (Å²) in [5, 5.41) is 0. The lowest BCUT2D eigenvalue weighted by Gasteiger charge is -2.14. The van der Waals surface area contributed by atoms with E-state index in [4.69, 9.17) is 4.55 Å². The Morgan fingerprint density at radius 2 is 1.71 bits per heavy atom. The Kier molecular flexibility index (Phi) is 5.56. The molecule has 0 aromatic heterocycles. The fourth-order valence-electron chi connectivity index (χ4n) is 1.25. The van der Waals surface area contributed by atoms with Crippen molar-refractivity contribution in [2.24, 2.45) is 0 Å². The molecule has 1 unspecified atom stereocenters. The second kappa shape index (κ2) is 6.30. The van der Waals surface area contributed by atoms with Gasteiger partial charge in [0.1, 0.15) is 5.75 Å². The van der Waals surface area contributed by atoms with E-state index in [1.54, 1.807) is 0 Å². The third-order valence-electron chi connectivity index (χ3n) is 2.48. The number of rotatable bonds is 6. The minimum atomic E-state index is -6.15. The minimum Gasteiger partial charge on any atom is -0.377 e. The van der Waals surface area contributed by atoms with Crippen LogP contribution in [0.5, 0.6) is 5.75 Å². The molecule has 0 fully saturated rings. The Morgan fingerprint density at radius 3 is 2.10 bits per heavy atom. The number of alkyl halides is 3. The molecular weight excluding hydrogens is 445 g/mol. The Morgan fingerprint density at radius 1 is 1.24 bits per heavy atom. The topological polar surface area (TPSA) is 97.7 Å².